The summed E-state index contributed by atoms with van der Waals surface area (Å²) < 4.78 is 5.75. The highest BCUT2D eigenvalue weighted by Gasteiger charge is 2.29. The maximum Gasteiger partial charge on any atom is 0.122 e. The van der Waals surface area contributed by atoms with Gasteiger partial charge in [0, 0.05) is 30.6 Å². The van der Waals surface area contributed by atoms with Crippen LogP contribution in [-0.2, 0) is 0 Å². The van der Waals surface area contributed by atoms with E-state index in [1.165, 1.54) is 5.56 Å². The first-order chi connectivity index (χ1) is 8.74. The first-order valence-electron chi connectivity index (χ1n) is 6.93. The zero-order chi connectivity index (χ0) is 12.5. The fourth-order valence-electron chi connectivity index (χ4n) is 3.11. The smallest absolute Gasteiger partial charge is 0.122 e. The normalized spacial score (nSPS) is 32.0. The van der Waals surface area contributed by atoms with Crippen LogP contribution in [-0.4, -0.2) is 37.2 Å². The van der Waals surface area contributed by atoms with Crippen LogP contribution in [0.5, 0.6) is 5.75 Å². The lowest BCUT2D eigenvalue weighted by atomic mass is 9.93. The van der Waals surface area contributed by atoms with Crippen LogP contribution in [0.4, 0.5) is 0 Å². The Morgan fingerprint density at radius 1 is 1.39 bits per heavy atom. The van der Waals surface area contributed by atoms with Gasteiger partial charge in [-0.15, -0.1) is 0 Å². The molecule has 98 valence electrons. The summed E-state index contributed by atoms with van der Waals surface area (Å²) in [6.45, 7) is 6.45. The third kappa shape index (κ3) is 2.25. The van der Waals surface area contributed by atoms with Crippen LogP contribution in [0.15, 0.2) is 24.3 Å². The van der Waals surface area contributed by atoms with Crippen molar-refractivity contribution in [2.45, 2.75) is 25.3 Å². The van der Waals surface area contributed by atoms with E-state index >= 15 is 0 Å². The molecular formula is C15H22N2O. The standard InChI is InChI=1S/C15H22N2O/c1-11-8-17(7-6-14(11)16)9-12-10-18-15-5-3-2-4-13(12)15/h2-5,11-12,14H,6-10,16H2,1H3. The second-order valence-electron chi connectivity index (χ2n) is 5.74. The molecule has 1 fully saturated rings. The highest BCUT2D eigenvalue weighted by atomic mass is 16.5. The van der Waals surface area contributed by atoms with Crippen molar-refractivity contribution in [3.05, 3.63) is 29.8 Å². The summed E-state index contributed by atoms with van der Waals surface area (Å²) in [5.41, 5.74) is 7.45. The Morgan fingerprint density at radius 2 is 2.22 bits per heavy atom. The van der Waals surface area contributed by atoms with E-state index in [1.807, 2.05) is 6.07 Å². The first-order valence-corrected chi connectivity index (χ1v) is 6.93. The lowest BCUT2D eigenvalue weighted by Gasteiger charge is -2.36. The molecule has 3 atom stereocenters. The maximum atomic E-state index is 6.07. The second-order valence-corrected chi connectivity index (χ2v) is 5.74. The molecule has 3 unspecified atom stereocenters. The number of ether oxygens (including phenoxy) is 1. The number of nitrogens with zero attached hydrogens (tertiary/aromatic N) is 1. The average molecular weight is 246 g/mol. The van der Waals surface area contributed by atoms with E-state index in [1.54, 1.807) is 0 Å². The molecule has 0 radical (unpaired) electrons. The Balaban J connectivity index is 1.65. The Hall–Kier alpha value is -1.06. The van der Waals surface area contributed by atoms with Crippen LogP contribution in [0.3, 0.4) is 0 Å². The van der Waals surface area contributed by atoms with Crippen molar-refractivity contribution in [3.63, 3.8) is 0 Å². The minimum atomic E-state index is 0.383. The second kappa shape index (κ2) is 4.90. The summed E-state index contributed by atoms with van der Waals surface area (Å²) in [4.78, 5) is 2.55. The fraction of sp³-hybridized carbons (Fsp3) is 0.600. The number of piperidine rings is 1. The topological polar surface area (TPSA) is 38.5 Å². The van der Waals surface area contributed by atoms with Gasteiger partial charge in [0.25, 0.3) is 0 Å². The Morgan fingerprint density at radius 3 is 3.06 bits per heavy atom. The molecule has 0 saturated carbocycles. The number of hydrogen-bond acceptors (Lipinski definition) is 3. The zero-order valence-electron chi connectivity index (χ0n) is 11.0. The van der Waals surface area contributed by atoms with Gasteiger partial charge in [0.05, 0.1) is 6.61 Å². The number of nitrogens with two attached hydrogens (primary N) is 1. The van der Waals surface area contributed by atoms with Gasteiger partial charge in [-0.25, -0.2) is 0 Å². The molecule has 2 aliphatic heterocycles. The lowest BCUT2D eigenvalue weighted by molar-refractivity contribution is 0.150. The molecule has 0 aromatic heterocycles. The van der Waals surface area contributed by atoms with Gasteiger partial charge in [-0.1, -0.05) is 25.1 Å². The van der Waals surface area contributed by atoms with E-state index in [4.69, 9.17) is 10.5 Å². The molecule has 3 nitrogen and oxygen atoms in total. The fourth-order valence-corrected chi connectivity index (χ4v) is 3.11. The van der Waals surface area contributed by atoms with Crippen LogP contribution >= 0.6 is 0 Å². The monoisotopic (exact) mass is 246 g/mol. The molecular weight excluding hydrogens is 224 g/mol. The molecule has 2 heterocycles. The van der Waals surface area contributed by atoms with Gasteiger partial charge in [-0.05, 0) is 24.9 Å². The van der Waals surface area contributed by atoms with Crippen LogP contribution in [0.2, 0.25) is 0 Å². The number of fused-ring (bicyclic) bond motifs is 1. The zero-order valence-corrected chi connectivity index (χ0v) is 11.0. The van der Waals surface area contributed by atoms with Crippen molar-refractivity contribution in [2.75, 3.05) is 26.2 Å². The molecule has 3 rings (SSSR count). The molecule has 0 amide bonds. The van der Waals surface area contributed by atoms with E-state index in [0.717, 1.165) is 38.4 Å². The molecule has 2 aliphatic rings. The Labute approximate surface area is 109 Å². The molecule has 1 aromatic rings. The van der Waals surface area contributed by atoms with E-state index in [2.05, 4.69) is 30.0 Å². The van der Waals surface area contributed by atoms with Crippen LogP contribution < -0.4 is 10.5 Å². The van der Waals surface area contributed by atoms with Gasteiger partial charge < -0.3 is 15.4 Å². The summed E-state index contributed by atoms with van der Waals surface area (Å²) in [7, 11) is 0. The minimum Gasteiger partial charge on any atom is -0.493 e. The average Bonchev–Trinajstić information content (AvgIpc) is 2.78. The number of likely N-dealkylation sites (tertiary alicyclic amines) is 1. The third-order valence-electron chi connectivity index (χ3n) is 4.33. The van der Waals surface area contributed by atoms with E-state index in [-0.39, 0.29) is 0 Å². The van der Waals surface area contributed by atoms with Gasteiger partial charge in [0.1, 0.15) is 5.75 Å². The first kappa shape index (κ1) is 12.0. The highest BCUT2D eigenvalue weighted by molar-refractivity contribution is 5.39. The summed E-state index contributed by atoms with van der Waals surface area (Å²) in [5.74, 6) is 2.21. The predicted molar refractivity (Wildman–Crippen MR) is 72.9 cm³/mol. The molecule has 2 N–H and O–H groups in total. The molecule has 1 aromatic carbocycles. The van der Waals surface area contributed by atoms with Gasteiger partial charge in [-0.2, -0.15) is 0 Å². The molecule has 1 saturated heterocycles. The lowest BCUT2D eigenvalue weighted by Crippen LogP contribution is -2.47. The Bertz CT molecular complexity index is 421. The van der Waals surface area contributed by atoms with Gasteiger partial charge >= 0.3 is 0 Å². The maximum absolute atomic E-state index is 6.07. The van der Waals surface area contributed by atoms with Crippen molar-refractivity contribution in [3.8, 4) is 5.75 Å². The van der Waals surface area contributed by atoms with Crippen molar-refractivity contribution >= 4 is 0 Å². The minimum absolute atomic E-state index is 0.383. The van der Waals surface area contributed by atoms with Gasteiger partial charge in [0.15, 0.2) is 0 Å². The number of rotatable bonds is 2. The summed E-state index contributed by atoms with van der Waals surface area (Å²) in [5, 5.41) is 0. The van der Waals surface area contributed by atoms with E-state index in [9.17, 15) is 0 Å². The van der Waals surface area contributed by atoms with Gasteiger partial charge in [0.2, 0.25) is 0 Å². The molecule has 3 heteroatoms. The van der Waals surface area contributed by atoms with Gasteiger partial charge in [-0.3, -0.25) is 0 Å². The van der Waals surface area contributed by atoms with Crippen molar-refractivity contribution in [2.24, 2.45) is 11.7 Å². The largest absolute Gasteiger partial charge is 0.493 e. The predicted octanol–water partition coefficient (Wildman–Crippen LogP) is 1.83. The molecule has 0 bridgehead atoms. The van der Waals surface area contributed by atoms with E-state index < -0.39 is 0 Å². The summed E-state index contributed by atoms with van der Waals surface area (Å²) in [6, 6.07) is 8.81. The van der Waals surface area contributed by atoms with Crippen molar-refractivity contribution in [1.82, 2.24) is 4.90 Å². The number of benzene rings is 1. The van der Waals surface area contributed by atoms with Crippen LogP contribution in [0.1, 0.15) is 24.8 Å². The number of para-hydroxylation sites is 1. The number of hydrogen-bond donors (Lipinski definition) is 1. The van der Waals surface area contributed by atoms with Crippen molar-refractivity contribution in [1.29, 1.82) is 0 Å². The van der Waals surface area contributed by atoms with Crippen LogP contribution in [0, 0.1) is 5.92 Å². The van der Waals surface area contributed by atoms with Crippen LogP contribution in [0.25, 0.3) is 0 Å². The summed E-state index contributed by atoms with van der Waals surface area (Å²) in [6.07, 6.45) is 1.12. The van der Waals surface area contributed by atoms with Crippen molar-refractivity contribution < 1.29 is 4.74 Å². The molecule has 18 heavy (non-hydrogen) atoms. The van der Waals surface area contributed by atoms with E-state index in [0.29, 0.717) is 17.9 Å². The Kier molecular flexibility index (Phi) is 3.27. The molecule has 0 aliphatic carbocycles. The summed E-state index contributed by atoms with van der Waals surface area (Å²) >= 11 is 0. The third-order valence-corrected chi connectivity index (χ3v) is 4.33. The SMILES string of the molecule is CC1CN(CC2COc3ccccc32)CCC1N. The highest BCUT2D eigenvalue weighted by Crippen LogP contribution is 2.34. The molecule has 0 spiro atoms. The quantitative estimate of drug-likeness (QED) is 0.865.